The van der Waals surface area contributed by atoms with Crippen molar-refractivity contribution >= 4 is 15.9 Å². The summed E-state index contributed by atoms with van der Waals surface area (Å²) < 4.78 is 6.20. The van der Waals surface area contributed by atoms with Crippen LogP contribution in [-0.2, 0) is 4.74 Å². The fourth-order valence-corrected chi connectivity index (χ4v) is 5.64. The van der Waals surface area contributed by atoms with Gasteiger partial charge in [-0.15, -0.1) is 0 Å². The standard InChI is InChI=1S/C16H27BrO/c17-15-7-3-1-2-6-14(15)13-8-11-18-16(12-13)9-4-5-10-16/h13-15H,1-12H2. The normalized spacial score (nSPS) is 40.8. The highest BCUT2D eigenvalue weighted by atomic mass is 79.9. The van der Waals surface area contributed by atoms with E-state index in [1.807, 2.05) is 0 Å². The van der Waals surface area contributed by atoms with Crippen LogP contribution in [0.4, 0.5) is 0 Å². The molecule has 104 valence electrons. The highest BCUT2D eigenvalue weighted by Gasteiger charge is 2.43. The van der Waals surface area contributed by atoms with E-state index >= 15 is 0 Å². The molecule has 3 unspecified atom stereocenters. The SMILES string of the molecule is BrC1CCCCCC1C1CCOC2(CCCC2)C1. The van der Waals surface area contributed by atoms with Crippen molar-refractivity contribution in [2.45, 2.75) is 81.1 Å². The number of ether oxygens (including phenoxy) is 1. The van der Waals surface area contributed by atoms with Gasteiger partial charge in [-0.1, -0.05) is 48.0 Å². The molecule has 1 nitrogen and oxygen atoms in total. The summed E-state index contributed by atoms with van der Waals surface area (Å²) >= 11 is 4.00. The molecule has 2 aliphatic carbocycles. The molecule has 3 rings (SSSR count). The van der Waals surface area contributed by atoms with Crippen molar-refractivity contribution in [1.29, 1.82) is 0 Å². The zero-order chi connectivity index (χ0) is 12.4. The molecule has 1 heterocycles. The Morgan fingerprint density at radius 3 is 2.50 bits per heavy atom. The second kappa shape index (κ2) is 5.83. The number of rotatable bonds is 1. The van der Waals surface area contributed by atoms with E-state index in [2.05, 4.69) is 15.9 Å². The van der Waals surface area contributed by atoms with Crippen LogP contribution < -0.4 is 0 Å². The van der Waals surface area contributed by atoms with E-state index < -0.39 is 0 Å². The van der Waals surface area contributed by atoms with Crippen molar-refractivity contribution in [3.8, 4) is 0 Å². The van der Waals surface area contributed by atoms with Gasteiger partial charge < -0.3 is 4.74 Å². The molecule has 3 atom stereocenters. The Kier molecular flexibility index (Phi) is 4.35. The van der Waals surface area contributed by atoms with Gasteiger partial charge in [0.25, 0.3) is 0 Å². The van der Waals surface area contributed by atoms with Crippen molar-refractivity contribution in [1.82, 2.24) is 0 Å². The van der Waals surface area contributed by atoms with E-state index in [4.69, 9.17) is 4.74 Å². The van der Waals surface area contributed by atoms with Crippen LogP contribution in [-0.4, -0.2) is 17.0 Å². The molecule has 3 fully saturated rings. The van der Waals surface area contributed by atoms with Crippen LogP contribution >= 0.6 is 15.9 Å². The van der Waals surface area contributed by atoms with E-state index in [-0.39, 0.29) is 0 Å². The Balaban J connectivity index is 1.67. The maximum atomic E-state index is 6.20. The topological polar surface area (TPSA) is 9.23 Å². The fraction of sp³-hybridized carbons (Fsp3) is 1.00. The van der Waals surface area contributed by atoms with E-state index in [1.54, 1.807) is 0 Å². The van der Waals surface area contributed by atoms with Crippen molar-refractivity contribution in [2.75, 3.05) is 6.61 Å². The molecule has 2 heteroatoms. The lowest BCUT2D eigenvalue weighted by Crippen LogP contribution is -2.41. The van der Waals surface area contributed by atoms with Crippen LogP contribution in [0.15, 0.2) is 0 Å². The van der Waals surface area contributed by atoms with Crippen molar-refractivity contribution in [3.05, 3.63) is 0 Å². The molecule has 1 aliphatic heterocycles. The lowest BCUT2D eigenvalue weighted by atomic mass is 9.75. The van der Waals surface area contributed by atoms with Crippen LogP contribution in [0.1, 0.15) is 70.6 Å². The monoisotopic (exact) mass is 314 g/mol. The van der Waals surface area contributed by atoms with Gasteiger partial charge in [0, 0.05) is 11.4 Å². The minimum absolute atomic E-state index is 0.307. The molecule has 1 saturated heterocycles. The summed E-state index contributed by atoms with van der Waals surface area (Å²) in [6.07, 6.45) is 15.3. The largest absolute Gasteiger partial charge is 0.375 e. The summed E-state index contributed by atoms with van der Waals surface area (Å²) in [4.78, 5) is 0.779. The minimum atomic E-state index is 0.307. The predicted octanol–water partition coefficient (Wildman–Crippen LogP) is 5.07. The highest BCUT2D eigenvalue weighted by Crippen LogP contribution is 2.47. The summed E-state index contributed by atoms with van der Waals surface area (Å²) in [6.45, 7) is 1.03. The van der Waals surface area contributed by atoms with Gasteiger partial charge in [0.05, 0.1) is 5.60 Å². The lowest BCUT2D eigenvalue weighted by Gasteiger charge is -2.42. The first-order valence-corrected chi connectivity index (χ1v) is 8.99. The maximum absolute atomic E-state index is 6.20. The number of alkyl halides is 1. The van der Waals surface area contributed by atoms with Crippen LogP contribution in [0.25, 0.3) is 0 Å². The zero-order valence-corrected chi connectivity index (χ0v) is 13.1. The van der Waals surface area contributed by atoms with Crippen LogP contribution in [0, 0.1) is 11.8 Å². The molecule has 1 spiro atoms. The van der Waals surface area contributed by atoms with Gasteiger partial charge in [0.15, 0.2) is 0 Å². The first-order valence-electron chi connectivity index (χ1n) is 8.07. The molecule has 2 saturated carbocycles. The molecule has 0 N–H and O–H groups in total. The molecule has 0 radical (unpaired) electrons. The molecule has 0 amide bonds. The summed E-state index contributed by atoms with van der Waals surface area (Å²) in [5.41, 5.74) is 0.307. The first kappa shape index (κ1) is 13.4. The first-order chi connectivity index (χ1) is 8.79. The third kappa shape index (κ3) is 2.80. The van der Waals surface area contributed by atoms with Gasteiger partial charge in [-0.25, -0.2) is 0 Å². The van der Waals surface area contributed by atoms with E-state index in [0.717, 1.165) is 23.3 Å². The maximum Gasteiger partial charge on any atom is 0.0685 e. The zero-order valence-electron chi connectivity index (χ0n) is 11.5. The van der Waals surface area contributed by atoms with E-state index in [9.17, 15) is 0 Å². The molecule has 0 aromatic carbocycles. The average molecular weight is 315 g/mol. The smallest absolute Gasteiger partial charge is 0.0685 e. The summed E-state index contributed by atoms with van der Waals surface area (Å²) in [5.74, 6) is 1.85. The van der Waals surface area contributed by atoms with E-state index in [1.165, 1.54) is 70.6 Å². The third-order valence-corrected chi connectivity index (χ3v) is 6.77. The van der Waals surface area contributed by atoms with Gasteiger partial charge in [-0.2, -0.15) is 0 Å². The Hall–Kier alpha value is 0.440. The molecular formula is C16H27BrO. The van der Waals surface area contributed by atoms with Gasteiger partial charge >= 0.3 is 0 Å². The number of hydrogen-bond donors (Lipinski definition) is 0. The van der Waals surface area contributed by atoms with Crippen molar-refractivity contribution in [3.63, 3.8) is 0 Å². The van der Waals surface area contributed by atoms with Gasteiger partial charge in [-0.05, 0) is 50.4 Å². The molecule has 18 heavy (non-hydrogen) atoms. The Labute approximate surface area is 120 Å². The predicted molar refractivity (Wildman–Crippen MR) is 79.2 cm³/mol. The second-order valence-electron chi connectivity index (χ2n) is 6.81. The molecule has 0 aromatic heterocycles. The average Bonchev–Trinajstić information content (AvgIpc) is 2.70. The quantitative estimate of drug-likeness (QED) is 0.485. The third-order valence-electron chi connectivity index (χ3n) is 5.63. The van der Waals surface area contributed by atoms with Crippen LogP contribution in [0.5, 0.6) is 0 Å². The molecule has 3 aliphatic rings. The van der Waals surface area contributed by atoms with Gasteiger partial charge in [-0.3, -0.25) is 0 Å². The summed E-state index contributed by atoms with van der Waals surface area (Å²) in [6, 6.07) is 0. The van der Waals surface area contributed by atoms with Gasteiger partial charge in [0.1, 0.15) is 0 Å². The van der Waals surface area contributed by atoms with Crippen molar-refractivity contribution in [2.24, 2.45) is 11.8 Å². The van der Waals surface area contributed by atoms with Crippen molar-refractivity contribution < 1.29 is 4.74 Å². The van der Waals surface area contributed by atoms with E-state index in [0.29, 0.717) is 5.60 Å². The summed E-state index contributed by atoms with van der Waals surface area (Å²) in [5, 5.41) is 0. The fourth-order valence-electron chi connectivity index (χ4n) is 4.62. The molecular weight excluding hydrogens is 288 g/mol. The Bertz CT molecular complexity index is 272. The Morgan fingerprint density at radius 2 is 1.67 bits per heavy atom. The number of halogens is 1. The van der Waals surface area contributed by atoms with Crippen LogP contribution in [0.3, 0.4) is 0 Å². The van der Waals surface area contributed by atoms with Crippen LogP contribution in [0.2, 0.25) is 0 Å². The van der Waals surface area contributed by atoms with Gasteiger partial charge in [0.2, 0.25) is 0 Å². The Morgan fingerprint density at radius 1 is 0.889 bits per heavy atom. The molecule has 0 bridgehead atoms. The summed E-state index contributed by atoms with van der Waals surface area (Å²) in [7, 11) is 0. The lowest BCUT2D eigenvalue weighted by molar-refractivity contribution is -0.102. The number of hydrogen-bond acceptors (Lipinski definition) is 1. The molecule has 0 aromatic rings. The minimum Gasteiger partial charge on any atom is -0.375 e. The second-order valence-corrected chi connectivity index (χ2v) is 7.99. The highest BCUT2D eigenvalue weighted by molar-refractivity contribution is 9.09.